The summed E-state index contributed by atoms with van der Waals surface area (Å²) in [6.07, 6.45) is -3.71. The van der Waals surface area contributed by atoms with Crippen molar-refractivity contribution >= 4 is 21.9 Å². The van der Waals surface area contributed by atoms with Gasteiger partial charge in [0.15, 0.2) is 0 Å². The molecule has 0 saturated heterocycles. The quantitative estimate of drug-likeness (QED) is 0.302. The Morgan fingerprint density at radius 3 is 2.33 bits per heavy atom. The number of benzene rings is 2. The Bertz CT molecular complexity index is 1350. The Kier molecular flexibility index (Phi) is 6.29. The Morgan fingerprint density at radius 2 is 1.64 bits per heavy atom. The van der Waals surface area contributed by atoms with Gasteiger partial charge in [-0.1, -0.05) is 6.07 Å². The number of hydrogen-bond acceptors (Lipinski definition) is 2. The number of fused-ring (bicyclic) bond motifs is 2. The molecule has 0 aliphatic carbocycles. The molecule has 0 fully saturated rings. The molecule has 0 bridgehead atoms. The van der Waals surface area contributed by atoms with Crippen LogP contribution in [-0.4, -0.2) is 26.6 Å². The third kappa shape index (κ3) is 4.66. The van der Waals surface area contributed by atoms with Crippen molar-refractivity contribution in [1.82, 2.24) is 13.7 Å². The summed E-state index contributed by atoms with van der Waals surface area (Å²) >= 11 is 0. The Balaban J connectivity index is 1.86. The second-order valence-corrected chi connectivity index (χ2v) is 7.98. The van der Waals surface area contributed by atoms with Gasteiger partial charge in [0, 0.05) is 29.7 Å². The molecule has 2 aromatic heterocycles. The Labute approximate surface area is 185 Å². The van der Waals surface area contributed by atoms with Crippen LogP contribution < -0.4 is 11.4 Å². The zero-order valence-electron chi connectivity index (χ0n) is 17.7. The van der Waals surface area contributed by atoms with Crippen LogP contribution in [0, 0.1) is 5.82 Å². The highest BCUT2D eigenvalue weighted by Gasteiger charge is 2.31. The number of hydrogen-bond donors (Lipinski definition) is 1. The van der Waals surface area contributed by atoms with Gasteiger partial charge in [-0.05, 0) is 54.8 Å². The molecule has 0 amide bonds. The molecule has 0 aliphatic rings. The standard InChI is InChI=1S/C23H23F5N4O/c24-7-1-2-8-30-18(10-16-9-15(12-29)3-5-19(16)30)13-31-21-11-17(25)4-6-20(21)32(22(31)33)14-23(26,27)28/h3-6,9-11H,1-2,7-8,12-14,29H2. The summed E-state index contributed by atoms with van der Waals surface area (Å²) in [4.78, 5) is 13.0. The molecule has 2 N–H and O–H groups in total. The van der Waals surface area contributed by atoms with E-state index in [-0.39, 0.29) is 17.6 Å². The number of imidazole rings is 1. The van der Waals surface area contributed by atoms with Gasteiger partial charge < -0.3 is 10.3 Å². The van der Waals surface area contributed by atoms with E-state index in [1.54, 1.807) is 0 Å². The summed E-state index contributed by atoms with van der Waals surface area (Å²) in [6, 6.07) is 10.8. The van der Waals surface area contributed by atoms with Crippen molar-refractivity contribution in [3.05, 3.63) is 70.0 Å². The molecule has 176 valence electrons. The van der Waals surface area contributed by atoms with E-state index in [1.165, 1.54) is 6.07 Å². The number of aryl methyl sites for hydroxylation is 1. The molecular weight excluding hydrogens is 443 g/mol. The SMILES string of the molecule is NCc1ccc2c(c1)cc(Cn1c(=O)n(CC(F)(F)F)c3ccc(F)cc31)n2CCCCF. The summed E-state index contributed by atoms with van der Waals surface area (Å²) in [7, 11) is 0. The summed E-state index contributed by atoms with van der Waals surface area (Å²) in [5.41, 5.74) is 7.33. The maximum absolute atomic E-state index is 14.0. The zero-order valence-corrected chi connectivity index (χ0v) is 17.7. The first-order valence-electron chi connectivity index (χ1n) is 10.5. The van der Waals surface area contributed by atoms with Gasteiger partial charge in [0.2, 0.25) is 0 Å². The first-order chi connectivity index (χ1) is 15.7. The van der Waals surface area contributed by atoms with Gasteiger partial charge in [-0.15, -0.1) is 0 Å². The first kappa shape index (κ1) is 23.0. The third-order valence-corrected chi connectivity index (χ3v) is 5.69. The smallest absolute Gasteiger partial charge is 0.343 e. The van der Waals surface area contributed by atoms with Gasteiger partial charge in [0.05, 0.1) is 24.3 Å². The minimum atomic E-state index is -4.61. The molecule has 0 radical (unpaired) electrons. The highest BCUT2D eigenvalue weighted by atomic mass is 19.4. The van der Waals surface area contributed by atoms with Gasteiger partial charge in [0.1, 0.15) is 12.4 Å². The maximum atomic E-state index is 14.0. The minimum absolute atomic E-state index is 0.00392. The summed E-state index contributed by atoms with van der Waals surface area (Å²) in [5, 5.41) is 0.853. The van der Waals surface area contributed by atoms with E-state index < -0.39 is 30.9 Å². The summed E-state index contributed by atoms with van der Waals surface area (Å²) < 4.78 is 69.7. The fourth-order valence-electron chi connectivity index (χ4n) is 4.20. The molecule has 0 spiro atoms. The molecule has 33 heavy (non-hydrogen) atoms. The molecule has 5 nitrogen and oxygen atoms in total. The molecule has 2 heterocycles. The van der Waals surface area contributed by atoms with Crippen molar-refractivity contribution in [3.8, 4) is 0 Å². The fourth-order valence-corrected chi connectivity index (χ4v) is 4.20. The molecule has 10 heteroatoms. The zero-order chi connectivity index (χ0) is 23.8. The molecule has 4 rings (SSSR count). The lowest BCUT2D eigenvalue weighted by Gasteiger charge is -2.12. The number of nitrogens with two attached hydrogens (primary N) is 1. The number of aromatic nitrogens is 3. The third-order valence-electron chi connectivity index (χ3n) is 5.69. The van der Waals surface area contributed by atoms with Crippen LogP contribution in [-0.2, 0) is 26.2 Å². The van der Waals surface area contributed by atoms with Crippen LogP contribution >= 0.6 is 0 Å². The van der Waals surface area contributed by atoms with Gasteiger partial charge in [-0.2, -0.15) is 13.2 Å². The number of rotatable bonds is 8. The largest absolute Gasteiger partial charge is 0.406 e. The number of halogens is 5. The van der Waals surface area contributed by atoms with Gasteiger partial charge in [-0.25, -0.2) is 9.18 Å². The lowest BCUT2D eigenvalue weighted by Crippen LogP contribution is -2.30. The fraction of sp³-hybridized carbons (Fsp3) is 0.348. The van der Waals surface area contributed by atoms with E-state index in [0.29, 0.717) is 36.2 Å². The number of alkyl halides is 4. The Hall–Kier alpha value is -3.14. The lowest BCUT2D eigenvalue weighted by molar-refractivity contribution is -0.140. The van der Waals surface area contributed by atoms with Crippen LogP contribution in [0.15, 0.2) is 47.3 Å². The summed E-state index contributed by atoms with van der Waals surface area (Å²) in [6.45, 7) is -1.20. The number of unbranched alkanes of at least 4 members (excludes halogenated alkanes) is 1. The van der Waals surface area contributed by atoms with Crippen molar-refractivity contribution in [1.29, 1.82) is 0 Å². The number of nitrogens with zero attached hydrogens (tertiary/aromatic N) is 3. The first-order valence-corrected chi connectivity index (χ1v) is 10.5. The average Bonchev–Trinajstić information content (AvgIpc) is 3.22. The second-order valence-electron chi connectivity index (χ2n) is 7.98. The topological polar surface area (TPSA) is 57.9 Å². The molecule has 2 aromatic carbocycles. The van der Waals surface area contributed by atoms with Crippen molar-refractivity contribution < 1.29 is 22.0 Å². The molecule has 4 aromatic rings. The predicted molar refractivity (Wildman–Crippen MR) is 116 cm³/mol. The normalized spacial score (nSPS) is 12.3. The lowest BCUT2D eigenvalue weighted by atomic mass is 10.1. The summed E-state index contributed by atoms with van der Waals surface area (Å²) in [5.74, 6) is -0.656. The second kappa shape index (κ2) is 9.01. The van der Waals surface area contributed by atoms with Crippen LogP contribution in [0.5, 0.6) is 0 Å². The van der Waals surface area contributed by atoms with Crippen LogP contribution in [0.3, 0.4) is 0 Å². The van der Waals surface area contributed by atoms with Crippen molar-refractivity contribution in [3.63, 3.8) is 0 Å². The highest BCUT2D eigenvalue weighted by molar-refractivity contribution is 5.82. The van der Waals surface area contributed by atoms with E-state index in [2.05, 4.69) is 0 Å². The monoisotopic (exact) mass is 466 g/mol. The molecular formula is C23H23F5N4O. The van der Waals surface area contributed by atoms with Crippen molar-refractivity contribution in [2.75, 3.05) is 6.67 Å². The Morgan fingerprint density at radius 1 is 0.879 bits per heavy atom. The molecule has 0 saturated carbocycles. The van der Waals surface area contributed by atoms with Crippen LogP contribution in [0.2, 0.25) is 0 Å². The van der Waals surface area contributed by atoms with E-state index >= 15 is 0 Å². The molecule has 0 unspecified atom stereocenters. The van der Waals surface area contributed by atoms with Gasteiger partial charge in [0.25, 0.3) is 0 Å². The van der Waals surface area contributed by atoms with E-state index in [4.69, 9.17) is 5.73 Å². The van der Waals surface area contributed by atoms with Crippen LogP contribution in [0.1, 0.15) is 24.1 Å². The average molecular weight is 466 g/mol. The maximum Gasteiger partial charge on any atom is 0.406 e. The van der Waals surface area contributed by atoms with E-state index in [0.717, 1.165) is 33.2 Å². The van der Waals surface area contributed by atoms with Gasteiger partial charge >= 0.3 is 11.9 Å². The molecule has 0 atom stereocenters. The van der Waals surface area contributed by atoms with Crippen LogP contribution in [0.25, 0.3) is 21.9 Å². The molecule has 0 aliphatic heterocycles. The van der Waals surface area contributed by atoms with Crippen molar-refractivity contribution in [2.45, 2.75) is 45.2 Å². The highest BCUT2D eigenvalue weighted by Crippen LogP contribution is 2.26. The van der Waals surface area contributed by atoms with Crippen molar-refractivity contribution in [2.24, 2.45) is 5.73 Å². The van der Waals surface area contributed by atoms with Crippen LogP contribution in [0.4, 0.5) is 22.0 Å². The predicted octanol–water partition coefficient (Wildman–Crippen LogP) is 4.72. The van der Waals surface area contributed by atoms with E-state index in [9.17, 15) is 26.7 Å². The van der Waals surface area contributed by atoms with Gasteiger partial charge in [-0.3, -0.25) is 13.5 Å². The minimum Gasteiger partial charge on any atom is -0.343 e. The van der Waals surface area contributed by atoms with E-state index in [1.807, 2.05) is 28.8 Å².